The lowest BCUT2D eigenvalue weighted by Crippen LogP contribution is -2.59. The SMILES string of the molecule is CS(=O)(=O)NCC(N)C(=O)N[C@@H](CO)[C@@H](O)[C@@H](O)[C@H](O)C(=O)NC(CC(=O)O)c1ccccc1. The van der Waals surface area contributed by atoms with E-state index < -0.39 is 83.8 Å². The molecule has 10 N–H and O–H groups in total. The molecule has 0 aliphatic carbocycles. The third-order valence-corrected chi connectivity index (χ3v) is 5.37. The summed E-state index contributed by atoms with van der Waals surface area (Å²) < 4.78 is 24.2. The largest absolute Gasteiger partial charge is 0.481 e. The van der Waals surface area contributed by atoms with E-state index in [9.17, 15) is 43.2 Å². The molecular weight excluding hydrogens is 476 g/mol. The van der Waals surface area contributed by atoms with Gasteiger partial charge in [0.1, 0.15) is 12.2 Å². The minimum atomic E-state index is -3.64. The quantitative estimate of drug-likeness (QED) is 0.117. The van der Waals surface area contributed by atoms with E-state index in [-0.39, 0.29) is 0 Å². The number of aliphatic carboxylic acids is 1. The summed E-state index contributed by atoms with van der Waals surface area (Å²) in [5.74, 6) is -3.45. The van der Waals surface area contributed by atoms with Gasteiger partial charge in [-0.15, -0.1) is 0 Å². The van der Waals surface area contributed by atoms with Crippen LogP contribution in [0.2, 0.25) is 0 Å². The van der Waals surface area contributed by atoms with E-state index in [1.165, 1.54) is 0 Å². The minimum Gasteiger partial charge on any atom is -0.481 e. The number of nitrogens with two attached hydrogens (primary N) is 1. The van der Waals surface area contributed by atoms with Crippen molar-refractivity contribution in [2.24, 2.45) is 5.73 Å². The number of aliphatic hydroxyl groups is 4. The molecule has 0 aromatic heterocycles. The zero-order chi connectivity index (χ0) is 26.1. The summed E-state index contributed by atoms with van der Waals surface area (Å²) >= 11 is 0. The van der Waals surface area contributed by atoms with E-state index in [0.29, 0.717) is 5.56 Å². The van der Waals surface area contributed by atoms with E-state index in [1.54, 1.807) is 30.3 Å². The van der Waals surface area contributed by atoms with E-state index >= 15 is 0 Å². The van der Waals surface area contributed by atoms with Crippen molar-refractivity contribution in [1.82, 2.24) is 15.4 Å². The molecular formula is C19H30N4O10S. The Morgan fingerprint density at radius 1 is 1.00 bits per heavy atom. The number of benzene rings is 1. The van der Waals surface area contributed by atoms with Crippen molar-refractivity contribution >= 4 is 27.8 Å². The van der Waals surface area contributed by atoms with Gasteiger partial charge < -0.3 is 41.9 Å². The van der Waals surface area contributed by atoms with E-state index in [2.05, 4.69) is 10.6 Å². The summed E-state index contributed by atoms with van der Waals surface area (Å²) in [6.07, 6.45) is -6.21. The Morgan fingerprint density at radius 3 is 2.09 bits per heavy atom. The monoisotopic (exact) mass is 506 g/mol. The molecule has 0 aliphatic rings. The predicted octanol–water partition coefficient (Wildman–Crippen LogP) is -4.25. The molecule has 0 saturated carbocycles. The maximum Gasteiger partial charge on any atom is 0.305 e. The fraction of sp³-hybridized carbons (Fsp3) is 0.526. The van der Waals surface area contributed by atoms with Gasteiger partial charge >= 0.3 is 5.97 Å². The second-order valence-electron chi connectivity index (χ2n) is 7.52. The van der Waals surface area contributed by atoms with Crippen molar-refractivity contribution in [3.8, 4) is 0 Å². The number of carbonyl (C=O) groups is 3. The summed E-state index contributed by atoms with van der Waals surface area (Å²) in [4.78, 5) is 35.7. The van der Waals surface area contributed by atoms with E-state index in [1.807, 2.05) is 4.72 Å². The number of nitrogens with one attached hydrogen (secondary N) is 3. The first-order valence-electron chi connectivity index (χ1n) is 9.99. The Balaban J connectivity index is 2.82. The Bertz CT molecular complexity index is 930. The number of carbonyl (C=O) groups excluding carboxylic acids is 2. The van der Waals surface area contributed by atoms with Crippen molar-refractivity contribution in [2.75, 3.05) is 19.4 Å². The van der Waals surface area contributed by atoms with Gasteiger partial charge in [-0.2, -0.15) is 0 Å². The summed E-state index contributed by atoms with van der Waals surface area (Å²) in [6, 6.07) is 3.92. The molecule has 0 radical (unpaired) electrons. The molecule has 6 atom stereocenters. The normalized spacial score (nSPS) is 17.0. The molecule has 14 nitrogen and oxygen atoms in total. The van der Waals surface area contributed by atoms with Crippen LogP contribution in [-0.4, -0.2) is 102 Å². The molecule has 2 unspecified atom stereocenters. The average Bonchev–Trinajstić information content (AvgIpc) is 2.78. The third kappa shape index (κ3) is 9.68. The number of carboxylic acid groups (broad SMARTS) is 1. The van der Waals surface area contributed by atoms with Crippen LogP contribution in [0.1, 0.15) is 18.0 Å². The van der Waals surface area contributed by atoms with Crippen LogP contribution in [0.15, 0.2) is 30.3 Å². The summed E-state index contributed by atoms with van der Waals surface area (Å²) in [5, 5.41) is 53.6. The van der Waals surface area contributed by atoms with Crippen LogP contribution in [0, 0.1) is 0 Å². The van der Waals surface area contributed by atoms with Crippen LogP contribution < -0.4 is 21.1 Å². The first-order chi connectivity index (χ1) is 15.8. The van der Waals surface area contributed by atoms with Crippen molar-refractivity contribution in [3.05, 3.63) is 35.9 Å². The highest BCUT2D eigenvalue weighted by Crippen LogP contribution is 2.17. The van der Waals surface area contributed by atoms with Gasteiger partial charge in [-0.25, -0.2) is 13.1 Å². The molecule has 192 valence electrons. The fourth-order valence-electron chi connectivity index (χ4n) is 2.81. The molecule has 0 fully saturated rings. The Kier molecular flexibility index (Phi) is 11.5. The maximum absolute atomic E-state index is 12.4. The highest BCUT2D eigenvalue weighted by molar-refractivity contribution is 7.88. The van der Waals surface area contributed by atoms with Gasteiger partial charge in [0.25, 0.3) is 5.91 Å². The predicted molar refractivity (Wildman–Crippen MR) is 117 cm³/mol. The highest BCUT2D eigenvalue weighted by atomic mass is 32.2. The van der Waals surface area contributed by atoms with Crippen LogP contribution in [0.25, 0.3) is 0 Å². The lowest BCUT2D eigenvalue weighted by Gasteiger charge is -2.30. The number of sulfonamides is 1. The molecule has 0 aliphatic heterocycles. The molecule has 1 rings (SSSR count). The maximum atomic E-state index is 12.4. The van der Waals surface area contributed by atoms with E-state index in [4.69, 9.17) is 10.8 Å². The van der Waals surface area contributed by atoms with Crippen LogP contribution in [0.4, 0.5) is 0 Å². The molecule has 1 aromatic carbocycles. The lowest BCUT2D eigenvalue weighted by molar-refractivity contribution is -0.144. The molecule has 0 heterocycles. The molecule has 1 aromatic rings. The lowest BCUT2D eigenvalue weighted by atomic mass is 9.99. The van der Waals surface area contributed by atoms with Crippen LogP contribution in [0.3, 0.4) is 0 Å². The topological polar surface area (TPSA) is 249 Å². The van der Waals surface area contributed by atoms with Gasteiger partial charge in [-0.3, -0.25) is 14.4 Å². The van der Waals surface area contributed by atoms with Crippen molar-refractivity contribution in [1.29, 1.82) is 0 Å². The summed E-state index contributed by atoms with van der Waals surface area (Å²) in [7, 11) is -3.64. The number of carboxylic acids is 1. The second-order valence-corrected chi connectivity index (χ2v) is 9.35. The van der Waals surface area contributed by atoms with Crippen LogP contribution in [-0.2, 0) is 24.4 Å². The molecule has 2 amide bonds. The average molecular weight is 507 g/mol. The third-order valence-electron chi connectivity index (χ3n) is 4.68. The molecule has 0 spiro atoms. The number of aliphatic hydroxyl groups excluding tert-OH is 4. The second kappa shape index (κ2) is 13.3. The number of hydrogen-bond acceptors (Lipinski definition) is 10. The Morgan fingerprint density at radius 2 is 1.59 bits per heavy atom. The first kappa shape index (κ1) is 29.4. The van der Waals surface area contributed by atoms with Crippen LogP contribution >= 0.6 is 0 Å². The van der Waals surface area contributed by atoms with E-state index in [0.717, 1.165) is 6.26 Å². The molecule has 0 bridgehead atoms. The highest BCUT2D eigenvalue weighted by Gasteiger charge is 2.37. The Labute approximate surface area is 195 Å². The zero-order valence-electron chi connectivity index (χ0n) is 18.2. The molecule has 0 saturated heterocycles. The van der Waals surface area contributed by atoms with Gasteiger partial charge in [0.2, 0.25) is 15.9 Å². The van der Waals surface area contributed by atoms with Gasteiger partial charge in [0.15, 0.2) is 6.10 Å². The van der Waals surface area contributed by atoms with Crippen molar-refractivity contribution in [3.63, 3.8) is 0 Å². The summed E-state index contributed by atoms with van der Waals surface area (Å²) in [6.45, 7) is -1.42. The number of hydrogen-bond donors (Lipinski definition) is 9. The molecule has 15 heteroatoms. The smallest absolute Gasteiger partial charge is 0.305 e. The van der Waals surface area contributed by atoms with Crippen LogP contribution in [0.5, 0.6) is 0 Å². The number of rotatable bonds is 14. The summed E-state index contributed by atoms with van der Waals surface area (Å²) in [5.41, 5.74) is 5.95. The van der Waals surface area contributed by atoms with Crippen molar-refractivity contribution in [2.45, 2.75) is 42.9 Å². The first-order valence-corrected chi connectivity index (χ1v) is 11.9. The number of amides is 2. The standard InChI is InChI=1S/C19H30N4O10S/c1-34(32,33)21-8-11(20)18(30)23-13(9-24)15(27)16(28)17(29)19(31)22-12(7-14(25)26)10-5-3-2-4-6-10/h2-6,11-13,15-17,21,24,27-29H,7-9,20H2,1H3,(H,22,31)(H,23,30)(H,25,26)/t11?,12?,13-,15+,16+,17-/m0/s1. The van der Waals surface area contributed by atoms with Gasteiger partial charge in [0.05, 0.1) is 37.4 Å². The fourth-order valence-corrected chi connectivity index (χ4v) is 3.29. The molecule has 34 heavy (non-hydrogen) atoms. The Hall–Kier alpha value is -2.66. The zero-order valence-corrected chi connectivity index (χ0v) is 19.1. The van der Waals surface area contributed by atoms with Gasteiger partial charge in [-0.1, -0.05) is 30.3 Å². The minimum absolute atomic E-state index is 0.415. The van der Waals surface area contributed by atoms with Gasteiger partial charge in [0, 0.05) is 6.54 Å². The van der Waals surface area contributed by atoms with Gasteiger partial charge in [-0.05, 0) is 5.56 Å². The van der Waals surface area contributed by atoms with Crippen molar-refractivity contribution < 1.29 is 48.3 Å².